The minimum atomic E-state index is -0.614. The molecule has 0 saturated heterocycles. The van der Waals surface area contributed by atoms with Crippen LogP contribution in [0.5, 0.6) is 17.2 Å². The first-order chi connectivity index (χ1) is 14.0. The zero-order valence-electron chi connectivity index (χ0n) is 17.8. The number of methoxy groups -OCH3 is 2. The maximum absolute atomic E-state index is 10.2. The Balaban J connectivity index is 0.00000320. The Morgan fingerprint density at radius 2 is 1.80 bits per heavy atom. The summed E-state index contributed by atoms with van der Waals surface area (Å²) in [7, 11) is 3.25. The second-order valence-electron chi connectivity index (χ2n) is 7.03. The highest BCUT2D eigenvalue weighted by atomic mass is 35.5. The molecular weight excluding hydrogens is 406 g/mol. The van der Waals surface area contributed by atoms with Crippen molar-refractivity contribution in [3.8, 4) is 17.2 Å². The number of aliphatic hydroxyl groups excluding tert-OH is 1. The van der Waals surface area contributed by atoms with E-state index in [1.165, 1.54) is 0 Å². The van der Waals surface area contributed by atoms with E-state index in [9.17, 15) is 5.11 Å². The van der Waals surface area contributed by atoms with E-state index in [4.69, 9.17) is 14.2 Å². The number of nitrogens with zero attached hydrogens (tertiary/aromatic N) is 1. The Hall–Kier alpha value is -2.48. The summed E-state index contributed by atoms with van der Waals surface area (Å²) in [6.07, 6.45) is 0.204. The fraction of sp³-hybridized carbons (Fsp3) is 0.409. The van der Waals surface area contributed by atoms with Gasteiger partial charge in [-0.05, 0) is 56.1 Å². The second-order valence-corrected chi connectivity index (χ2v) is 7.03. The number of aromatic nitrogens is 2. The predicted octanol–water partition coefficient (Wildman–Crippen LogP) is 3.19. The number of hydrogen-bond donors (Lipinski definition) is 3. The smallest absolute Gasteiger partial charge is 0.160 e. The van der Waals surface area contributed by atoms with E-state index in [0.29, 0.717) is 18.0 Å². The molecule has 30 heavy (non-hydrogen) atoms. The molecule has 3 rings (SSSR count). The minimum Gasteiger partial charge on any atom is -0.493 e. The van der Waals surface area contributed by atoms with E-state index < -0.39 is 6.10 Å². The standard InChI is InChI=1S/C22H29N3O4.ClH/c1-14-5-7-19(22-21(14)24-15(2)25-22)29-13-17(26)12-23-10-9-16-6-8-18(27-3)20(11-16)28-4;/h5-8,11,17,23,26H,9-10,12-13H2,1-4H3,(H,24,25);1H. The van der Waals surface area contributed by atoms with Gasteiger partial charge in [-0.15, -0.1) is 12.4 Å². The van der Waals surface area contributed by atoms with E-state index >= 15 is 0 Å². The van der Waals surface area contributed by atoms with Gasteiger partial charge >= 0.3 is 0 Å². The maximum atomic E-state index is 10.2. The van der Waals surface area contributed by atoms with Crippen molar-refractivity contribution in [3.63, 3.8) is 0 Å². The molecule has 0 saturated carbocycles. The van der Waals surface area contributed by atoms with Gasteiger partial charge < -0.3 is 29.6 Å². The number of nitrogens with one attached hydrogen (secondary N) is 2. The lowest BCUT2D eigenvalue weighted by Crippen LogP contribution is -2.32. The molecule has 2 aromatic carbocycles. The zero-order chi connectivity index (χ0) is 20.8. The van der Waals surface area contributed by atoms with Gasteiger partial charge in [-0.3, -0.25) is 0 Å². The first-order valence-corrected chi connectivity index (χ1v) is 9.70. The minimum absolute atomic E-state index is 0. The third-order valence-corrected chi connectivity index (χ3v) is 4.78. The quantitative estimate of drug-likeness (QED) is 0.424. The Labute approximate surface area is 183 Å². The highest BCUT2D eigenvalue weighted by Crippen LogP contribution is 2.28. The normalized spacial score (nSPS) is 11.8. The van der Waals surface area contributed by atoms with Crippen LogP contribution in [0.1, 0.15) is 17.0 Å². The van der Waals surface area contributed by atoms with Gasteiger partial charge in [-0.25, -0.2) is 4.98 Å². The van der Waals surface area contributed by atoms with Gasteiger partial charge in [0, 0.05) is 6.54 Å². The van der Waals surface area contributed by atoms with Crippen molar-refractivity contribution in [3.05, 3.63) is 47.3 Å². The van der Waals surface area contributed by atoms with Crippen molar-refractivity contribution in [2.45, 2.75) is 26.4 Å². The highest BCUT2D eigenvalue weighted by Gasteiger charge is 2.12. The van der Waals surface area contributed by atoms with Crippen LogP contribution in [0.3, 0.4) is 0 Å². The van der Waals surface area contributed by atoms with Crippen molar-refractivity contribution in [1.82, 2.24) is 15.3 Å². The van der Waals surface area contributed by atoms with E-state index in [-0.39, 0.29) is 19.0 Å². The molecule has 0 fully saturated rings. The van der Waals surface area contributed by atoms with Crippen molar-refractivity contribution >= 4 is 23.4 Å². The van der Waals surface area contributed by atoms with Crippen molar-refractivity contribution < 1.29 is 19.3 Å². The number of aryl methyl sites for hydroxylation is 2. The predicted molar refractivity (Wildman–Crippen MR) is 120 cm³/mol. The molecule has 0 bridgehead atoms. The SMILES string of the molecule is COc1ccc(CCNCC(O)COc2ccc(C)c3[nH]c(C)nc23)cc1OC.Cl. The van der Waals surface area contributed by atoms with E-state index in [1.807, 2.05) is 44.2 Å². The van der Waals surface area contributed by atoms with Crippen LogP contribution >= 0.6 is 12.4 Å². The number of H-pyrrole nitrogens is 1. The van der Waals surface area contributed by atoms with Gasteiger partial charge in [-0.2, -0.15) is 0 Å². The molecule has 0 amide bonds. The molecule has 0 aliphatic heterocycles. The van der Waals surface area contributed by atoms with Gasteiger partial charge in [0.15, 0.2) is 11.5 Å². The number of rotatable bonds is 10. The third-order valence-electron chi connectivity index (χ3n) is 4.78. The average Bonchev–Trinajstić information content (AvgIpc) is 3.13. The van der Waals surface area contributed by atoms with Crippen molar-refractivity contribution in [2.75, 3.05) is 33.9 Å². The lowest BCUT2D eigenvalue weighted by molar-refractivity contribution is 0.107. The molecule has 0 aliphatic rings. The summed E-state index contributed by atoms with van der Waals surface area (Å²) in [6, 6.07) is 9.76. The fourth-order valence-electron chi connectivity index (χ4n) is 3.22. The monoisotopic (exact) mass is 435 g/mol. The first kappa shape index (κ1) is 23.8. The number of aromatic amines is 1. The second kappa shape index (κ2) is 11.1. The Morgan fingerprint density at radius 3 is 2.53 bits per heavy atom. The first-order valence-electron chi connectivity index (χ1n) is 9.70. The average molecular weight is 436 g/mol. The summed E-state index contributed by atoms with van der Waals surface area (Å²) in [4.78, 5) is 7.74. The summed E-state index contributed by atoms with van der Waals surface area (Å²) in [5, 5.41) is 13.5. The number of benzene rings is 2. The van der Waals surface area contributed by atoms with Gasteiger partial charge in [0.2, 0.25) is 0 Å². The largest absolute Gasteiger partial charge is 0.493 e. The summed E-state index contributed by atoms with van der Waals surface area (Å²) >= 11 is 0. The van der Waals surface area contributed by atoms with Crippen molar-refractivity contribution in [2.24, 2.45) is 0 Å². The van der Waals surface area contributed by atoms with Crippen LogP contribution in [0.4, 0.5) is 0 Å². The highest BCUT2D eigenvalue weighted by molar-refractivity contribution is 5.85. The topological polar surface area (TPSA) is 88.6 Å². The van der Waals surface area contributed by atoms with Crippen LogP contribution in [-0.2, 0) is 6.42 Å². The summed E-state index contributed by atoms with van der Waals surface area (Å²) in [5.74, 6) is 2.96. The number of aliphatic hydroxyl groups is 1. The molecule has 0 spiro atoms. The van der Waals surface area contributed by atoms with Gasteiger partial charge in [0.05, 0.1) is 19.7 Å². The number of ether oxygens (including phenoxy) is 3. The van der Waals surface area contributed by atoms with Crippen LogP contribution in [-0.4, -0.2) is 55.1 Å². The molecular formula is C22H30ClN3O4. The number of fused-ring (bicyclic) bond motifs is 1. The maximum Gasteiger partial charge on any atom is 0.160 e. The van der Waals surface area contributed by atoms with Crippen LogP contribution in [0.25, 0.3) is 11.0 Å². The number of halogens is 1. The summed E-state index contributed by atoms with van der Waals surface area (Å²) in [5.41, 5.74) is 4.03. The fourth-order valence-corrected chi connectivity index (χ4v) is 3.22. The molecule has 1 aromatic heterocycles. The summed E-state index contributed by atoms with van der Waals surface area (Å²) < 4.78 is 16.4. The third kappa shape index (κ3) is 5.78. The Bertz CT molecular complexity index is 961. The molecule has 1 atom stereocenters. The zero-order valence-corrected chi connectivity index (χ0v) is 18.6. The molecule has 8 heteroatoms. The Morgan fingerprint density at radius 1 is 1.07 bits per heavy atom. The Kier molecular flexibility index (Phi) is 8.77. The number of hydrogen-bond acceptors (Lipinski definition) is 6. The number of imidazole rings is 1. The molecule has 0 radical (unpaired) electrons. The van der Waals surface area contributed by atoms with Crippen LogP contribution in [0.2, 0.25) is 0 Å². The van der Waals surface area contributed by atoms with Crippen LogP contribution < -0.4 is 19.5 Å². The van der Waals surface area contributed by atoms with E-state index in [0.717, 1.165) is 46.7 Å². The van der Waals surface area contributed by atoms with E-state index in [2.05, 4.69) is 15.3 Å². The lowest BCUT2D eigenvalue weighted by atomic mass is 10.1. The molecule has 7 nitrogen and oxygen atoms in total. The van der Waals surface area contributed by atoms with Crippen molar-refractivity contribution in [1.29, 1.82) is 0 Å². The van der Waals surface area contributed by atoms with Crippen LogP contribution in [0.15, 0.2) is 30.3 Å². The van der Waals surface area contributed by atoms with E-state index in [1.54, 1.807) is 14.2 Å². The summed E-state index contributed by atoms with van der Waals surface area (Å²) in [6.45, 7) is 5.33. The van der Waals surface area contributed by atoms with Gasteiger partial charge in [0.25, 0.3) is 0 Å². The molecule has 164 valence electrons. The molecule has 1 unspecified atom stereocenters. The molecule has 0 aliphatic carbocycles. The molecule has 3 N–H and O–H groups in total. The van der Waals surface area contributed by atoms with Gasteiger partial charge in [-0.1, -0.05) is 12.1 Å². The molecule has 3 aromatic rings. The van der Waals surface area contributed by atoms with Gasteiger partial charge in [0.1, 0.15) is 29.8 Å². The lowest BCUT2D eigenvalue weighted by Gasteiger charge is -2.14. The molecule has 1 heterocycles. The van der Waals surface area contributed by atoms with Crippen LogP contribution in [0, 0.1) is 13.8 Å².